The SMILES string of the molecule is CC.CC=NC(=NCC)c1ccc(NC)cc1. The first-order valence-electron chi connectivity index (χ1n) is 6.13. The standard InChI is InChI=1S/C12H17N3.C2H6/c1-4-14-12(15-5-2)10-6-8-11(13-3)9-7-10;1-2/h4,6-9,13H,5H2,1-3H3;1-2H3. The van der Waals surface area contributed by atoms with Crippen LogP contribution in [0.5, 0.6) is 0 Å². The molecule has 0 unspecified atom stereocenters. The molecule has 3 heteroatoms. The highest BCUT2D eigenvalue weighted by molar-refractivity contribution is 6.02. The largest absolute Gasteiger partial charge is 0.388 e. The van der Waals surface area contributed by atoms with Gasteiger partial charge in [-0.1, -0.05) is 13.8 Å². The molecule has 0 aliphatic rings. The number of hydrogen-bond acceptors (Lipinski definition) is 2. The van der Waals surface area contributed by atoms with Crippen molar-refractivity contribution >= 4 is 17.7 Å². The van der Waals surface area contributed by atoms with E-state index in [1.54, 1.807) is 6.21 Å². The summed E-state index contributed by atoms with van der Waals surface area (Å²) in [6, 6.07) is 8.08. The monoisotopic (exact) mass is 233 g/mol. The Labute approximate surface area is 105 Å². The molecule has 0 atom stereocenters. The minimum Gasteiger partial charge on any atom is -0.388 e. The average Bonchev–Trinajstić information content (AvgIpc) is 2.41. The van der Waals surface area contributed by atoms with Gasteiger partial charge in [-0.3, -0.25) is 4.99 Å². The van der Waals surface area contributed by atoms with Gasteiger partial charge in [0.2, 0.25) is 0 Å². The highest BCUT2D eigenvalue weighted by Crippen LogP contribution is 2.10. The van der Waals surface area contributed by atoms with Crippen LogP contribution in [-0.2, 0) is 0 Å². The highest BCUT2D eigenvalue weighted by atomic mass is 14.9. The second-order valence-corrected chi connectivity index (χ2v) is 3.01. The molecule has 0 saturated heterocycles. The Bertz CT molecular complexity index is 350. The summed E-state index contributed by atoms with van der Waals surface area (Å²) in [7, 11) is 1.90. The highest BCUT2D eigenvalue weighted by Gasteiger charge is 1.99. The molecule has 1 N–H and O–H groups in total. The van der Waals surface area contributed by atoms with Crippen molar-refractivity contribution in [2.75, 3.05) is 18.9 Å². The van der Waals surface area contributed by atoms with E-state index in [1.165, 1.54) is 0 Å². The van der Waals surface area contributed by atoms with Crippen LogP contribution in [0.3, 0.4) is 0 Å². The Morgan fingerprint density at radius 3 is 2.24 bits per heavy atom. The van der Waals surface area contributed by atoms with Gasteiger partial charge in [0.05, 0.1) is 0 Å². The van der Waals surface area contributed by atoms with Crippen LogP contribution < -0.4 is 5.32 Å². The normalized spacial score (nSPS) is 11.0. The zero-order valence-electron chi connectivity index (χ0n) is 11.5. The molecule has 0 heterocycles. The Morgan fingerprint density at radius 2 is 1.82 bits per heavy atom. The minimum atomic E-state index is 0.750. The molecule has 1 aromatic rings. The Kier molecular flexibility index (Phi) is 8.65. The van der Waals surface area contributed by atoms with Gasteiger partial charge in [-0.2, -0.15) is 0 Å². The summed E-state index contributed by atoms with van der Waals surface area (Å²) in [5.74, 6) is 0.794. The van der Waals surface area contributed by atoms with E-state index in [4.69, 9.17) is 0 Å². The van der Waals surface area contributed by atoms with E-state index in [1.807, 2.05) is 59.0 Å². The molecule has 94 valence electrons. The van der Waals surface area contributed by atoms with Crippen molar-refractivity contribution in [3.05, 3.63) is 29.8 Å². The van der Waals surface area contributed by atoms with Crippen molar-refractivity contribution in [3.8, 4) is 0 Å². The lowest BCUT2D eigenvalue weighted by molar-refractivity contribution is 1.12. The molecule has 1 rings (SSSR count). The van der Waals surface area contributed by atoms with Gasteiger partial charge >= 0.3 is 0 Å². The lowest BCUT2D eigenvalue weighted by Crippen LogP contribution is -1.99. The molecule has 0 saturated carbocycles. The predicted molar refractivity (Wildman–Crippen MR) is 78.6 cm³/mol. The van der Waals surface area contributed by atoms with Crippen LogP contribution in [0.2, 0.25) is 0 Å². The molecule has 0 radical (unpaired) electrons. The average molecular weight is 233 g/mol. The maximum atomic E-state index is 4.34. The second kappa shape index (κ2) is 9.58. The molecule has 0 fully saturated rings. The van der Waals surface area contributed by atoms with E-state index in [9.17, 15) is 0 Å². The van der Waals surface area contributed by atoms with Crippen molar-refractivity contribution in [1.29, 1.82) is 0 Å². The number of rotatable bonds is 3. The van der Waals surface area contributed by atoms with Gasteiger partial charge in [-0.05, 0) is 38.1 Å². The number of benzene rings is 1. The van der Waals surface area contributed by atoms with Gasteiger partial charge in [-0.15, -0.1) is 0 Å². The van der Waals surface area contributed by atoms with Crippen molar-refractivity contribution in [2.45, 2.75) is 27.7 Å². The molecule has 1 aromatic carbocycles. The van der Waals surface area contributed by atoms with Crippen LogP contribution in [0.4, 0.5) is 5.69 Å². The number of nitrogens with one attached hydrogen (secondary N) is 1. The minimum absolute atomic E-state index is 0.750. The van der Waals surface area contributed by atoms with Crippen molar-refractivity contribution < 1.29 is 0 Å². The topological polar surface area (TPSA) is 36.8 Å². The van der Waals surface area contributed by atoms with Crippen LogP contribution in [0.1, 0.15) is 33.3 Å². The third-order valence-electron chi connectivity index (χ3n) is 1.99. The number of aliphatic imine (C=N–C) groups is 2. The summed E-state index contributed by atoms with van der Waals surface area (Å²) in [6.45, 7) is 8.65. The fraction of sp³-hybridized carbons (Fsp3) is 0.429. The number of nitrogens with zero attached hydrogens (tertiary/aromatic N) is 2. The molecule has 0 amide bonds. The van der Waals surface area contributed by atoms with Crippen LogP contribution in [0.15, 0.2) is 34.3 Å². The molecular formula is C14H23N3. The van der Waals surface area contributed by atoms with Crippen LogP contribution in [0.25, 0.3) is 0 Å². The maximum absolute atomic E-state index is 4.34. The first-order chi connectivity index (χ1) is 8.31. The van der Waals surface area contributed by atoms with E-state index in [-0.39, 0.29) is 0 Å². The lowest BCUT2D eigenvalue weighted by atomic mass is 10.2. The lowest BCUT2D eigenvalue weighted by Gasteiger charge is -2.03. The molecule has 0 aliphatic heterocycles. The molecule has 0 aliphatic carbocycles. The molecule has 0 spiro atoms. The van der Waals surface area contributed by atoms with E-state index < -0.39 is 0 Å². The van der Waals surface area contributed by atoms with Gasteiger partial charge < -0.3 is 5.32 Å². The molecule has 0 aromatic heterocycles. The fourth-order valence-electron chi connectivity index (χ4n) is 1.26. The summed E-state index contributed by atoms with van der Waals surface area (Å²) in [5, 5.41) is 3.08. The van der Waals surface area contributed by atoms with Gasteiger partial charge in [-0.25, -0.2) is 4.99 Å². The summed E-state index contributed by atoms with van der Waals surface area (Å²) in [4.78, 5) is 8.58. The number of hydrogen-bond donors (Lipinski definition) is 1. The van der Waals surface area contributed by atoms with E-state index in [2.05, 4.69) is 15.3 Å². The molecule has 3 nitrogen and oxygen atoms in total. The predicted octanol–water partition coefficient (Wildman–Crippen LogP) is 3.61. The molecular weight excluding hydrogens is 210 g/mol. The zero-order chi connectivity index (χ0) is 13.1. The van der Waals surface area contributed by atoms with Gasteiger partial charge in [0.15, 0.2) is 5.84 Å². The fourth-order valence-corrected chi connectivity index (χ4v) is 1.26. The van der Waals surface area contributed by atoms with Crippen LogP contribution in [-0.4, -0.2) is 25.6 Å². The number of amidine groups is 1. The summed E-state index contributed by atoms with van der Waals surface area (Å²) < 4.78 is 0. The summed E-state index contributed by atoms with van der Waals surface area (Å²) in [5.41, 5.74) is 2.14. The third kappa shape index (κ3) is 5.29. The first-order valence-corrected chi connectivity index (χ1v) is 6.13. The van der Waals surface area contributed by atoms with Gasteiger partial charge in [0, 0.05) is 31.1 Å². The van der Waals surface area contributed by atoms with Crippen molar-refractivity contribution in [3.63, 3.8) is 0 Å². The quantitative estimate of drug-likeness (QED) is 0.628. The molecule has 17 heavy (non-hydrogen) atoms. The molecule has 0 bridgehead atoms. The first kappa shape index (κ1) is 15.4. The van der Waals surface area contributed by atoms with Gasteiger partial charge in [0.25, 0.3) is 0 Å². The zero-order valence-corrected chi connectivity index (χ0v) is 11.5. The second-order valence-electron chi connectivity index (χ2n) is 3.01. The summed E-state index contributed by atoms with van der Waals surface area (Å²) >= 11 is 0. The third-order valence-corrected chi connectivity index (χ3v) is 1.99. The van der Waals surface area contributed by atoms with Gasteiger partial charge in [0.1, 0.15) is 0 Å². The number of anilines is 1. The van der Waals surface area contributed by atoms with Crippen LogP contribution in [0, 0.1) is 0 Å². The van der Waals surface area contributed by atoms with E-state index in [0.717, 1.165) is 23.6 Å². The summed E-state index contributed by atoms with van der Waals surface area (Å²) in [6.07, 6.45) is 1.76. The van der Waals surface area contributed by atoms with Crippen molar-refractivity contribution in [2.24, 2.45) is 9.98 Å². The maximum Gasteiger partial charge on any atom is 0.154 e. The van der Waals surface area contributed by atoms with Crippen molar-refractivity contribution in [1.82, 2.24) is 0 Å². The Hall–Kier alpha value is -1.64. The Morgan fingerprint density at radius 1 is 1.24 bits per heavy atom. The van der Waals surface area contributed by atoms with Crippen LogP contribution >= 0.6 is 0 Å². The Balaban J connectivity index is 0.00000121. The van der Waals surface area contributed by atoms with E-state index >= 15 is 0 Å². The smallest absolute Gasteiger partial charge is 0.154 e. The van der Waals surface area contributed by atoms with E-state index in [0.29, 0.717) is 0 Å².